The van der Waals surface area contributed by atoms with Gasteiger partial charge in [-0.3, -0.25) is 4.79 Å². The topological polar surface area (TPSA) is 73.6 Å². The van der Waals surface area contributed by atoms with Crippen molar-refractivity contribution >= 4 is 24.0 Å². The maximum absolute atomic E-state index is 12.1. The van der Waals surface area contributed by atoms with Crippen molar-refractivity contribution in [2.24, 2.45) is 11.7 Å². The van der Waals surface area contributed by atoms with E-state index in [-0.39, 0.29) is 30.3 Å². The zero-order valence-corrected chi connectivity index (χ0v) is 15.9. The smallest absolute Gasteiger partial charge is 0.241 e. The van der Waals surface area contributed by atoms with Gasteiger partial charge in [0.1, 0.15) is 0 Å². The molecular weight excluding hydrogens is 328 g/mol. The molecule has 1 rings (SSSR count). The number of carbonyl (C=O) groups is 1. The third kappa shape index (κ3) is 8.64. The molecule has 24 heavy (non-hydrogen) atoms. The second kappa shape index (κ2) is 12.3. The molecule has 0 heterocycles. The van der Waals surface area contributed by atoms with Gasteiger partial charge in [0.25, 0.3) is 0 Å². The predicted octanol–water partition coefficient (Wildman–Crippen LogP) is 3.36. The molecule has 0 spiro atoms. The summed E-state index contributed by atoms with van der Waals surface area (Å²) >= 11 is 0. The molecule has 6 heteroatoms. The van der Waals surface area contributed by atoms with Crippen molar-refractivity contribution in [3.63, 3.8) is 0 Å². The third-order valence-corrected chi connectivity index (χ3v) is 3.70. The Kier molecular flexibility index (Phi) is 11.7. The van der Waals surface area contributed by atoms with E-state index in [0.29, 0.717) is 19.8 Å². The first-order valence-electron chi connectivity index (χ1n) is 8.28. The van der Waals surface area contributed by atoms with Crippen LogP contribution in [0.1, 0.15) is 39.7 Å². The van der Waals surface area contributed by atoms with Gasteiger partial charge in [0, 0.05) is 5.69 Å². The lowest BCUT2D eigenvalue weighted by atomic mass is 9.99. The first-order chi connectivity index (χ1) is 10.9. The molecule has 2 unspecified atom stereocenters. The predicted molar refractivity (Wildman–Crippen MR) is 100 cm³/mol. The molecule has 0 saturated carbocycles. The highest BCUT2D eigenvalue weighted by Gasteiger charge is 2.19. The SMILES string of the molecule is CCC(C)C(N)C(=O)Nc1cccc(COCCOC(C)C)c1.Cl. The lowest BCUT2D eigenvalue weighted by Gasteiger charge is -2.18. The average Bonchev–Trinajstić information content (AvgIpc) is 2.53. The van der Waals surface area contributed by atoms with Crippen molar-refractivity contribution in [3.05, 3.63) is 29.8 Å². The van der Waals surface area contributed by atoms with Crippen molar-refractivity contribution in [1.29, 1.82) is 0 Å². The number of nitrogens with one attached hydrogen (secondary N) is 1. The summed E-state index contributed by atoms with van der Waals surface area (Å²) in [5.41, 5.74) is 7.69. The number of amides is 1. The Labute approximate surface area is 151 Å². The molecule has 138 valence electrons. The van der Waals surface area contributed by atoms with E-state index in [1.165, 1.54) is 0 Å². The Morgan fingerprint density at radius 1 is 1.25 bits per heavy atom. The van der Waals surface area contributed by atoms with E-state index in [9.17, 15) is 4.79 Å². The Morgan fingerprint density at radius 2 is 1.96 bits per heavy atom. The van der Waals surface area contributed by atoms with E-state index in [1.54, 1.807) is 0 Å². The van der Waals surface area contributed by atoms with Crippen molar-refractivity contribution in [3.8, 4) is 0 Å². The van der Waals surface area contributed by atoms with Crippen molar-refractivity contribution in [2.75, 3.05) is 18.5 Å². The van der Waals surface area contributed by atoms with Gasteiger partial charge < -0.3 is 20.5 Å². The number of rotatable bonds is 10. The molecule has 1 aromatic carbocycles. The second-order valence-corrected chi connectivity index (χ2v) is 6.07. The van der Waals surface area contributed by atoms with Crippen LogP contribution in [-0.2, 0) is 20.9 Å². The summed E-state index contributed by atoms with van der Waals surface area (Å²) < 4.78 is 11.0. The van der Waals surface area contributed by atoms with Crippen LogP contribution < -0.4 is 11.1 Å². The van der Waals surface area contributed by atoms with Gasteiger partial charge in [-0.15, -0.1) is 12.4 Å². The zero-order chi connectivity index (χ0) is 17.2. The lowest BCUT2D eigenvalue weighted by molar-refractivity contribution is -0.118. The Bertz CT molecular complexity index is 483. The standard InChI is InChI=1S/C18H30N2O3.ClH/c1-5-14(4)17(19)18(21)20-16-8-6-7-15(11-16)12-22-9-10-23-13(2)3;/h6-8,11,13-14,17H,5,9-10,12,19H2,1-4H3,(H,20,21);1H. The van der Waals surface area contributed by atoms with Crippen LogP contribution in [0.25, 0.3) is 0 Å². The van der Waals surface area contributed by atoms with Gasteiger partial charge in [-0.25, -0.2) is 0 Å². The molecular formula is C18H31ClN2O3. The minimum Gasteiger partial charge on any atom is -0.376 e. The Hall–Kier alpha value is -1.14. The number of halogens is 1. The van der Waals surface area contributed by atoms with Crippen LogP contribution in [0.5, 0.6) is 0 Å². The number of benzene rings is 1. The molecule has 2 atom stereocenters. The molecule has 0 aliphatic rings. The number of anilines is 1. The molecule has 0 saturated heterocycles. The van der Waals surface area contributed by atoms with Gasteiger partial charge in [-0.1, -0.05) is 32.4 Å². The Morgan fingerprint density at radius 3 is 2.58 bits per heavy atom. The van der Waals surface area contributed by atoms with E-state index < -0.39 is 6.04 Å². The number of hydrogen-bond donors (Lipinski definition) is 2. The highest BCUT2D eigenvalue weighted by Crippen LogP contribution is 2.14. The van der Waals surface area contributed by atoms with Crippen LogP contribution in [-0.4, -0.2) is 31.3 Å². The molecule has 1 aromatic rings. The van der Waals surface area contributed by atoms with E-state index in [1.807, 2.05) is 52.0 Å². The van der Waals surface area contributed by atoms with Crippen molar-refractivity contribution in [2.45, 2.75) is 52.9 Å². The first-order valence-corrected chi connectivity index (χ1v) is 8.28. The highest BCUT2D eigenvalue weighted by molar-refractivity contribution is 5.94. The molecule has 0 aliphatic heterocycles. The fourth-order valence-corrected chi connectivity index (χ4v) is 2.01. The van der Waals surface area contributed by atoms with Crippen LogP contribution in [0.3, 0.4) is 0 Å². The van der Waals surface area contributed by atoms with Crippen molar-refractivity contribution < 1.29 is 14.3 Å². The highest BCUT2D eigenvalue weighted by atomic mass is 35.5. The number of hydrogen-bond acceptors (Lipinski definition) is 4. The van der Waals surface area contributed by atoms with Gasteiger partial charge in [-0.2, -0.15) is 0 Å². The van der Waals surface area contributed by atoms with Crippen LogP contribution in [0.4, 0.5) is 5.69 Å². The Balaban J connectivity index is 0.00000529. The van der Waals surface area contributed by atoms with Crippen LogP contribution in [0.15, 0.2) is 24.3 Å². The average molecular weight is 359 g/mol. The van der Waals surface area contributed by atoms with Crippen LogP contribution in [0.2, 0.25) is 0 Å². The van der Waals surface area contributed by atoms with Gasteiger partial charge in [0.2, 0.25) is 5.91 Å². The monoisotopic (exact) mass is 358 g/mol. The van der Waals surface area contributed by atoms with Gasteiger partial charge in [0.15, 0.2) is 0 Å². The van der Waals surface area contributed by atoms with E-state index in [2.05, 4.69) is 5.32 Å². The summed E-state index contributed by atoms with van der Waals surface area (Å²) in [6.07, 6.45) is 1.09. The molecule has 0 fully saturated rings. The summed E-state index contributed by atoms with van der Waals surface area (Å²) in [6, 6.07) is 7.13. The minimum atomic E-state index is -0.493. The van der Waals surface area contributed by atoms with E-state index in [0.717, 1.165) is 17.7 Å². The molecule has 0 aliphatic carbocycles. The van der Waals surface area contributed by atoms with Gasteiger partial charge >= 0.3 is 0 Å². The van der Waals surface area contributed by atoms with Crippen LogP contribution in [0, 0.1) is 5.92 Å². The molecule has 5 nitrogen and oxygen atoms in total. The maximum Gasteiger partial charge on any atom is 0.241 e. The fraction of sp³-hybridized carbons (Fsp3) is 0.611. The largest absolute Gasteiger partial charge is 0.376 e. The minimum absolute atomic E-state index is 0. The fourth-order valence-electron chi connectivity index (χ4n) is 2.01. The van der Waals surface area contributed by atoms with Crippen molar-refractivity contribution in [1.82, 2.24) is 0 Å². The number of carbonyl (C=O) groups excluding carboxylic acids is 1. The first kappa shape index (κ1) is 22.9. The summed E-state index contributed by atoms with van der Waals surface area (Å²) in [7, 11) is 0. The van der Waals surface area contributed by atoms with Gasteiger partial charge in [-0.05, 0) is 37.5 Å². The summed E-state index contributed by atoms with van der Waals surface area (Å²) in [5.74, 6) is 0.00484. The quantitative estimate of drug-likeness (QED) is 0.629. The number of nitrogens with two attached hydrogens (primary N) is 1. The van der Waals surface area contributed by atoms with E-state index >= 15 is 0 Å². The lowest BCUT2D eigenvalue weighted by Crippen LogP contribution is -2.40. The zero-order valence-electron chi connectivity index (χ0n) is 15.1. The summed E-state index contributed by atoms with van der Waals surface area (Å²) in [4.78, 5) is 12.1. The summed E-state index contributed by atoms with van der Waals surface area (Å²) in [6.45, 7) is 9.62. The maximum atomic E-state index is 12.1. The summed E-state index contributed by atoms with van der Waals surface area (Å²) in [5, 5.41) is 2.87. The van der Waals surface area contributed by atoms with Gasteiger partial charge in [0.05, 0.1) is 32.0 Å². The number of ether oxygens (including phenoxy) is 2. The molecule has 0 radical (unpaired) electrons. The molecule has 1 amide bonds. The second-order valence-electron chi connectivity index (χ2n) is 6.07. The normalized spacial score (nSPS) is 13.2. The third-order valence-electron chi connectivity index (χ3n) is 3.70. The molecule has 0 bridgehead atoms. The molecule has 0 aromatic heterocycles. The van der Waals surface area contributed by atoms with E-state index in [4.69, 9.17) is 15.2 Å². The molecule has 3 N–H and O–H groups in total. The van der Waals surface area contributed by atoms with Crippen LogP contribution >= 0.6 is 12.4 Å².